The molecule has 2 fully saturated rings. The van der Waals surface area contributed by atoms with Crippen LogP contribution in [0.4, 0.5) is 0 Å². The Morgan fingerprint density at radius 3 is 2.71 bits per heavy atom. The lowest BCUT2D eigenvalue weighted by molar-refractivity contribution is -0.139. The van der Waals surface area contributed by atoms with Crippen molar-refractivity contribution in [1.82, 2.24) is 0 Å². The zero-order chi connectivity index (χ0) is 10.6. The van der Waals surface area contributed by atoms with Crippen LogP contribution in [0.3, 0.4) is 0 Å². The molecule has 2 aliphatic carbocycles. The summed E-state index contributed by atoms with van der Waals surface area (Å²) in [5.41, 5.74) is 1.27. The lowest BCUT2D eigenvalue weighted by Crippen LogP contribution is -2.29. The topological polar surface area (TPSA) is 37.3 Å². The van der Waals surface area contributed by atoms with E-state index in [1.807, 2.05) is 0 Å². The van der Waals surface area contributed by atoms with Crippen molar-refractivity contribution in [3.63, 3.8) is 0 Å². The molecule has 0 unspecified atom stereocenters. The van der Waals surface area contributed by atoms with Gasteiger partial charge < -0.3 is 5.11 Å². The van der Waals surface area contributed by atoms with Gasteiger partial charge in [0.05, 0.1) is 6.42 Å². The number of fused-ring (bicyclic) bond motifs is 2. The van der Waals surface area contributed by atoms with Crippen LogP contribution in [0.25, 0.3) is 0 Å². The highest BCUT2D eigenvalue weighted by molar-refractivity contribution is 5.69. The van der Waals surface area contributed by atoms with Gasteiger partial charge in [0.25, 0.3) is 0 Å². The molecule has 0 saturated heterocycles. The van der Waals surface area contributed by atoms with Crippen LogP contribution in [-0.2, 0) is 4.79 Å². The van der Waals surface area contributed by atoms with Crippen molar-refractivity contribution in [2.75, 3.05) is 0 Å². The smallest absolute Gasteiger partial charge is 0.304 e. The monoisotopic (exact) mass is 194 g/mol. The van der Waals surface area contributed by atoms with E-state index in [2.05, 4.69) is 20.4 Å². The summed E-state index contributed by atoms with van der Waals surface area (Å²) in [5.74, 6) is -0.0150. The largest absolute Gasteiger partial charge is 0.481 e. The highest BCUT2D eigenvalue weighted by Crippen LogP contribution is 2.66. The summed E-state index contributed by atoms with van der Waals surface area (Å²) in [6, 6.07) is 0. The summed E-state index contributed by atoms with van der Waals surface area (Å²) >= 11 is 0. The van der Waals surface area contributed by atoms with E-state index >= 15 is 0 Å². The summed E-state index contributed by atoms with van der Waals surface area (Å²) in [6.07, 6.45) is 3.54. The van der Waals surface area contributed by atoms with Crippen LogP contribution in [0.1, 0.15) is 39.5 Å². The number of carboxylic acid groups (broad SMARTS) is 1. The molecular formula is C12H18O2. The second kappa shape index (κ2) is 2.62. The van der Waals surface area contributed by atoms with Crippen LogP contribution in [0.2, 0.25) is 0 Å². The van der Waals surface area contributed by atoms with Crippen molar-refractivity contribution < 1.29 is 9.90 Å². The van der Waals surface area contributed by atoms with E-state index in [0.717, 1.165) is 12.8 Å². The van der Waals surface area contributed by atoms with Gasteiger partial charge in [-0.3, -0.25) is 4.79 Å². The molecule has 0 heterocycles. The second-order valence-electron chi connectivity index (χ2n) is 5.49. The van der Waals surface area contributed by atoms with E-state index in [1.54, 1.807) is 0 Å². The highest BCUT2D eigenvalue weighted by atomic mass is 16.4. The molecule has 0 radical (unpaired) electrons. The Balaban J connectivity index is 2.30. The normalized spacial score (nSPS) is 39.0. The molecule has 14 heavy (non-hydrogen) atoms. The predicted molar refractivity (Wildman–Crippen MR) is 54.9 cm³/mol. The van der Waals surface area contributed by atoms with Gasteiger partial charge in [0.1, 0.15) is 0 Å². The summed E-state index contributed by atoms with van der Waals surface area (Å²) in [6.45, 7) is 8.57. The van der Waals surface area contributed by atoms with Gasteiger partial charge in [-0.05, 0) is 30.6 Å². The van der Waals surface area contributed by atoms with Gasteiger partial charge in [-0.25, -0.2) is 0 Å². The minimum Gasteiger partial charge on any atom is -0.481 e. The van der Waals surface area contributed by atoms with E-state index in [1.165, 1.54) is 12.0 Å². The van der Waals surface area contributed by atoms with Crippen LogP contribution >= 0.6 is 0 Å². The molecule has 0 spiro atoms. The summed E-state index contributed by atoms with van der Waals surface area (Å²) in [4.78, 5) is 10.9. The third kappa shape index (κ3) is 1.06. The zero-order valence-electron chi connectivity index (χ0n) is 8.97. The van der Waals surface area contributed by atoms with Gasteiger partial charge in [0.2, 0.25) is 0 Å². The summed E-state index contributed by atoms with van der Waals surface area (Å²) in [7, 11) is 0. The average Bonchev–Trinajstić information content (AvgIpc) is 2.52. The Morgan fingerprint density at radius 1 is 1.64 bits per heavy atom. The molecule has 2 nitrogen and oxygen atoms in total. The van der Waals surface area contributed by atoms with Crippen molar-refractivity contribution in [3.8, 4) is 0 Å². The van der Waals surface area contributed by atoms with Gasteiger partial charge >= 0.3 is 5.97 Å². The van der Waals surface area contributed by atoms with Crippen molar-refractivity contribution in [1.29, 1.82) is 0 Å². The Bertz CT molecular complexity index is 303. The summed E-state index contributed by atoms with van der Waals surface area (Å²) in [5, 5.41) is 8.94. The number of aliphatic carboxylic acids is 1. The number of allylic oxidation sites excluding steroid dienone is 1. The number of carbonyl (C=O) groups is 1. The Kier molecular flexibility index (Phi) is 1.82. The van der Waals surface area contributed by atoms with Gasteiger partial charge in [-0.1, -0.05) is 26.0 Å². The maximum Gasteiger partial charge on any atom is 0.304 e. The molecule has 2 saturated carbocycles. The molecule has 1 N–H and O–H groups in total. The maximum absolute atomic E-state index is 10.9. The van der Waals surface area contributed by atoms with Crippen LogP contribution in [0.15, 0.2) is 12.2 Å². The van der Waals surface area contributed by atoms with Crippen molar-refractivity contribution in [3.05, 3.63) is 12.2 Å². The van der Waals surface area contributed by atoms with E-state index < -0.39 is 5.97 Å². The third-order valence-corrected chi connectivity index (χ3v) is 4.54. The minimum atomic E-state index is -0.676. The fraction of sp³-hybridized carbons (Fsp3) is 0.750. The van der Waals surface area contributed by atoms with Crippen molar-refractivity contribution in [2.45, 2.75) is 39.5 Å². The van der Waals surface area contributed by atoms with E-state index in [0.29, 0.717) is 5.92 Å². The average molecular weight is 194 g/mol. The van der Waals surface area contributed by atoms with E-state index in [4.69, 9.17) is 5.11 Å². The molecule has 0 aliphatic heterocycles. The van der Waals surface area contributed by atoms with Gasteiger partial charge in [-0.2, -0.15) is 0 Å². The molecule has 0 aromatic carbocycles. The number of rotatable bonds is 2. The third-order valence-electron chi connectivity index (χ3n) is 4.54. The first-order valence-corrected chi connectivity index (χ1v) is 5.30. The Labute approximate surface area is 85.0 Å². The van der Waals surface area contributed by atoms with Crippen molar-refractivity contribution in [2.24, 2.45) is 16.7 Å². The molecule has 2 bridgehead atoms. The lowest BCUT2D eigenvalue weighted by Gasteiger charge is -2.37. The number of hydrogen-bond acceptors (Lipinski definition) is 1. The second-order valence-corrected chi connectivity index (χ2v) is 5.49. The standard InChI is InChI=1S/C12H18O2/c1-8-11(2,3)9-4-5-12(8,6-9)7-10(13)14/h9H,1,4-7H2,2-3H3,(H,13,14)/t9-,12+/m1/s1. The lowest BCUT2D eigenvalue weighted by atomic mass is 9.67. The molecule has 0 amide bonds. The predicted octanol–water partition coefficient (Wildman–Crippen LogP) is 2.84. The fourth-order valence-corrected chi connectivity index (χ4v) is 3.50. The molecule has 2 heteroatoms. The fourth-order valence-electron chi connectivity index (χ4n) is 3.50. The molecular weight excluding hydrogens is 176 g/mol. The molecule has 2 rings (SSSR count). The molecule has 0 aromatic heterocycles. The van der Waals surface area contributed by atoms with Crippen molar-refractivity contribution >= 4 is 5.97 Å². The van der Waals surface area contributed by atoms with Crippen LogP contribution in [-0.4, -0.2) is 11.1 Å². The van der Waals surface area contributed by atoms with Gasteiger partial charge in [-0.15, -0.1) is 0 Å². The molecule has 78 valence electrons. The van der Waals surface area contributed by atoms with E-state index in [-0.39, 0.29) is 17.3 Å². The van der Waals surface area contributed by atoms with Crippen LogP contribution in [0.5, 0.6) is 0 Å². The highest BCUT2D eigenvalue weighted by Gasteiger charge is 2.57. The molecule has 0 aromatic rings. The molecule has 2 atom stereocenters. The van der Waals surface area contributed by atoms with E-state index in [9.17, 15) is 4.79 Å². The van der Waals surface area contributed by atoms with Gasteiger partial charge in [0.15, 0.2) is 0 Å². The summed E-state index contributed by atoms with van der Waals surface area (Å²) < 4.78 is 0. The first kappa shape index (κ1) is 9.75. The number of carboxylic acids is 1. The Hall–Kier alpha value is -0.790. The first-order valence-electron chi connectivity index (χ1n) is 5.30. The quantitative estimate of drug-likeness (QED) is 0.686. The maximum atomic E-state index is 10.9. The number of hydrogen-bond donors (Lipinski definition) is 1. The molecule has 2 aliphatic rings. The zero-order valence-corrected chi connectivity index (χ0v) is 8.97. The SMILES string of the molecule is C=C1C(C)(C)[C@@H]2CC[C@@]1(CC(=O)O)C2. The Morgan fingerprint density at radius 2 is 2.29 bits per heavy atom. The van der Waals surface area contributed by atoms with Crippen LogP contribution < -0.4 is 0 Å². The van der Waals surface area contributed by atoms with Gasteiger partial charge in [0, 0.05) is 5.41 Å². The first-order chi connectivity index (χ1) is 6.38. The van der Waals surface area contributed by atoms with Crippen LogP contribution in [0, 0.1) is 16.7 Å². The minimum absolute atomic E-state index is 0.0694.